The molecule has 0 bridgehead atoms. The van der Waals surface area contributed by atoms with Gasteiger partial charge in [0.25, 0.3) is 0 Å². The van der Waals surface area contributed by atoms with Crippen LogP contribution in [0.25, 0.3) is 10.8 Å². The molecule has 1 unspecified atom stereocenters. The van der Waals surface area contributed by atoms with Crippen LogP contribution in [0.5, 0.6) is 0 Å². The molecular formula is C17H23N5OS. The maximum absolute atomic E-state index is 12.4. The van der Waals surface area contributed by atoms with E-state index in [0.29, 0.717) is 18.4 Å². The zero-order valence-electron chi connectivity index (χ0n) is 14.1. The number of carbonyl (C=O) groups excluding carboxylic acids is 1. The summed E-state index contributed by atoms with van der Waals surface area (Å²) in [5.41, 5.74) is 0.854. The molecule has 3 heterocycles. The van der Waals surface area contributed by atoms with Gasteiger partial charge in [0, 0.05) is 30.4 Å². The fourth-order valence-corrected chi connectivity index (χ4v) is 3.68. The second-order valence-corrected chi connectivity index (χ2v) is 7.22. The lowest BCUT2D eigenvalue weighted by molar-refractivity contribution is -0.127. The van der Waals surface area contributed by atoms with Crippen LogP contribution >= 0.6 is 11.3 Å². The molecule has 1 atom stereocenters. The number of thiazole rings is 1. The summed E-state index contributed by atoms with van der Waals surface area (Å²) >= 11 is 1.50. The van der Waals surface area contributed by atoms with E-state index in [1.54, 1.807) is 18.5 Å². The minimum Gasteiger partial charge on any atom is -0.350 e. The fourth-order valence-electron chi connectivity index (χ4n) is 2.91. The van der Waals surface area contributed by atoms with Crippen molar-refractivity contribution >= 4 is 17.2 Å². The Morgan fingerprint density at radius 2 is 2.21 bits per heavy atom. The molecule has 7 heteroatoms. The van der Waals surface area contributed by atoms with Crippen LogP contribution in [0.3, 0.4) is 0 Å². The van der Waals surface area contributed by atoms with Gasteiger partial charge in [-0.15, -0.1) is 11.3 Å². The molecule has 0 aliphatic carbocycles. The number of amides is 1. The monoisotopic (exact) mass is 345 g/mol. The van der Waals surface area contributed by atoms with Crippen molar-refractivity contribution in [2.24, 2.45) is 5.92 Å². The molecule has 0 radical (unpaired) electrons. The fraction of sp³-hybridized carbons (Fsp3) is 0.529. The second-order valence-electron chi connectivity index (χ2n) is 6.36. The summed E-state index contributed by atoms with van der Waals surface area (Å²) in [5.74, 6) is 0.836. The van der Waals surface area contributed by atoms with E-state index in [1.165, 1.54) is 11.3 Å². The Balaban J connectivity index is 1.54. The molecule has 2 aromatic rings. The molecule has 0 aromatic carbocycles. The minimum absolute atomic E-state index is 0.0803. The molecule has 1 aliphatic rings. The Morgan fingerprint density at radius 1 is 1.42 bits per heavy atom. The van der Waals surface area contributed by atoms with Gasteiger partial charge in [0.05, 0.1) is 18.2 Å². The zero-order valence-corrected chi connectivity index (χ0v) is 14.9. The Morgan fingerprint density at radius 3 is 2.96 bits per heavy atom. The number of nitrogens with zero attached hydrogens (tertiary/aromatic N) is 4. The summed E-state index contributed by atoms with van der Waals surface area (Å²) in [7, 11) is 0. The van der Waals surface area contributed by atoms with E-state index in [2.05, 4.69) is 39.0 Å². The van der Waals surface area contributed by atoms with Crippen LogP contribution < -0.4 is 5.32 Å². The molecule has 0 saturated carbocycles. The lowest BCUT2D eigenvalue weighted by Gasteiger charge is -2.34. The summed E-state index contributed by atoms with van der Waals surface area (Å²) in [6.07, 6.45) is 5.46. The number of rotatable bonds is 5. The van der Waals surface area contributed by atoms with Crippen molar-refractivity contribution in [3.8, 4) is 10.8 Å². The summed E-state index contributed by atoms with van der Waals surface area (Å²) in [6, 6.07) is 2.27. The highest BCUT2D eigenvalue weighted by Crippen LogP contribution is 2.21. The average Bonchev–Trinajstić information content (AvgIpc) is 3.09. The van der Waals surface area contributed by atoms with Crippen molar-refractivity contribution in [3.63, 3.8) is 0 Å². The van der Waals surface area contributed by atoms with Crippen LogP contribution in [0.4, 0.5) is 0 Å². The number of aromatic nitrogens is 3. The van der Waals surface area contributed by atoms with Crippen molar-refractivity contribution in [2.45, 2.75) is 39.3 Å². The van der Waals surface area contributed by atoms with Crippen molar-refractivity contribution in [3.05, 3.63) is 29.5 Å². The van der Waals surface area contributed by atoms with Gasteiger partial charge in [-0.05, 0) is 39.3 Å². The SMILES string of the molecule is CC(C)N1CCCC(C(=O)NCc2csc(-c3ncccn3)n2)C1. The number of nitrogens with one attached hydrogen (secondary N) is 1. The lowest BCUT2D eigenvalue weighted by atomic mass is 9.96. The maximum Gasteiger partial charge on any atom is 0.224 e. The van der Waals surface area contributed by atoms with Gasteiger partial charge < -0.3 is 10.2 Å². The number of hydrogen-bond donors (Lipinski definition) is 1. The number of piperidine rings is 1. The summed E-state index contributed by atoms with van der Waals surface area (Å²) < 4.78 is 0. The topological polar surface area (TPSA) is 71.0 Å². The van der Waals surface area contributed by atoms with Crippen molar-refractivity contribution in [1.82, 2.24) is 25.2 Å². The highest BCUT2D eigenvalue weighted by molar-refractivity contribution is 7.13. The number of hydrogen-bond acceptors (Lipinski definition) is 6. The van der Waals surface area contributed by atoms with E-state index < -0.39 is 0 Å². The molecule has 3 rings (SSSR count). The minimum atomic E-state index is 0.0803. The third-order valence-corrected chi connectivity index (χ3v) is 5.19. The predicted molar refractivity (Wildman–Crippen MR) is 94.4 cm³/mol. The third kappa shape index (κ3) is 4.15. The normalized spacial score (nSPS) is 18.7. The number of carbonyl (C=O) groups is 1. The van der Waals surface area contributed by atoms with Gasteiger partial charge in [0.15, 0.2) is 10.8 Å². The Bertz CT molecular complexity index is 673. The molecule has 24 heavy (non-hydrogen) atoms. The van der Waals surface area contributed by atoms with Crippen LogP contribution in [0.2, 0.25) is 0 Å². The lowest BCUT2D eigenvalue weighted by Crippen LogP contribution is -2.45. The van der Waals surface area contributed by atoms with Crippen molar-refractivity contribution < 1.29 is 4.79 Å². The van der Waals surface area contributed by atoms with Gasteiger partial charge in [-0.2, -0.15) is 0 Å². The Labute approximate surface area is 146 Å². The van der Waals surface area contributed by atoms with E-state index in [9.17, 15) is 4.79 Å². The molecular weight excluding hydrogens is 322 g/mol. The first kappa shape index (κ1) is 17.0. The first-order valence-corrected chi connectivity index (χ1v) is 9.25. The molecule has 6 nitrogen and oxygen atoms in total. The van der Waals surface area contributed by atoms with Crippen LogP contribution in [0.15, 0.2) is 23.8 Å². The molecule has 1 fully saturated rings. The molecule has 128 valence electrons. The zero-order chi connectivity index (χ0) is 16.9. The van der Waals surface area contributed by atoms with E-state index in [-0.39, 0.29) is 11.8 Å². The van der Waals surface area contributed by atoms with Gasteiger partial charge in [-0.3, -0.25) is 4.79 Å². The van der Waals surface area contributed by atoms with Gasteiger partial charge in [0.1, 0.15) is 0 Å². The van der Waals surface area contributed by atoms with Crippen LogP contribution in [0, 0.1) is 5.92 Å². The quantitative estimate of drug-likeness (QED) is 0.900. The summed E-state index contributed by atoms with van der Waals surface area (Å²) in [5, 5.41) is 5.76. The molecule has 1 N–H and O–H groups in total. The van der Waals surface area contributed by atoms with E-state index in [1.807, 2.05) is 5.38 Å². The highest BCUT2D eigenvalue weighted by atomic mass is 32.1. The predicted octanol–water partition coefficient (Wildman–Crippen LogP) is 2.34. The average molecular weight is 345 g/mol. The van der Waals surface area contributed by atoms with E-state index >= 15 is 0 Å². The van der Waals surface area contributed by atoms with Gasteiger partial charge in [-0.1, -0.05) is 0 Å². The molecule has 1 saturated heterocycles. The molecule has 1 aliphatic heterocycles. The van der Waals surface area contributed by atoms with Gasteiger partial charge in [0.2, 0.25) is 5.91 Å². The smallest absolute Gasteiger partial charge is 0.224 e. The van der Waals surface area contributed by atoms with Crippen LogP contribution in [-0.2, 0) is 11.3 Å². The summed E-state index contributed by atoms with van der Waals surface area (Å²) in [4.78, 5) is 27.7. The summed E-state index contributed by atoms with van der Waals surface area (Å²) in [6.45, 7) is 6.77. The highest BCUT2D eigenvalue weighted by Gasteiger charge is 2.26. The first-order valence-electron chi connectivity index (χ1n) is 8.37. The van der Waals surface area contributed by atoms with Gasteiger partial charge >= 0.3 is 0 Å². The molecule has 2 aromatic heterocycles. The van der Waals surface area contributed by atoms with Crippen molar-refractivity contribution in [2.75, 3.05) is 13.1 Å². The Kier molecular flexibility index (Phi) is 5.52. The molecule has 1 amide bonds. The Hall–Kier alpha value is -1.86. The largest absolute Gasteiger partial charge is 0.350 e. The van der Waals surface area contributed by atoms with Crippen molar-refractivity contribution in [1.29, 1.82) is 0 Å². The van der Waals surface area contributed by atoms with Crippen LogP contribution in [-0.4, -0.2) is 44.9 Å². The van der Waals surface area contributed by atoms with Gasteiger partial charge in [-0.25, -0.2) is 15.0 Å². The number of likely N-dealkylation sites (tertiary alicyclic amines) is 1. The van der Waals surface area contributed by atoms with Crippen LogP contribution in [0.1, 0.15) is 32.4 Å². The third-order valence-electron chi connectivity index (χ3n) is 4.31. The standard InChI is InChI=1S/C17H23N5OS/c1-12(2)22-8-3-5-13(10-22)16(23)20-9-14-11-24-17(21-14)15-18-6-4-7-19-15/h4,6-7,11-13H,3,5,8-10H2,1-2H3,(H,20,23). The van der Waals surface area contributed by atoms with E-state index in [4.69, 9.17) is 0 Å². The first-order chi connectivity index (χ1) is 11.6. The second kappa shape index (κ2) is 7.81. The maximum atomic E-state index is 12.4. The molecule has 0 spiro atoms. The van der Waals surface area contributed by atoms with E-state index in [0.717, 1.165) is 36.6 Å².